The molecule has 0 fully saturated rings. The standard InChI is InChI=1S/C6H5F.C4H8O2.H2O/c7-6-4-2-1-3-5-6;1-3(2)4(5)6;/h1-5H;3H,1-2H3,(H,5,6);1H2. The first-order valence-electron chi connectivity index (χ1n) is 3.97. The lowest BCUT2D eigenvalue weighted by Gasteiger charge is -1.89. The fourth-order valence-corrected chi connectivity index (χ4v) is 0.415. The molecule has 0 saturated heterocycles. The van der Waals surface area contributed by atoms with Gasteiger partial charge >= 0.3 is 5.97 Å². The smallest absolute Gasteiger partial charge is 0.305 e. The highest BCUT2D eigenvalue weighted by Gasteiger charge is 1.99. The Kier molecular flexibility index (Phi) is 8.82. The van der Waals surface area contributed by atoms with Crippen molar-refractivity contribution in [2.75, 3.05) is 0 Å². The second kappa shape index (κ2) is 8.19. The van der Waals surface area contributed by atoms with Gasteiger partial charge < -0.3 is 10.6 Å². The van der Waals surface area contributed by atoms with Crippen LogP contribution in [0.1, 0.15) is 13.8 Å². The number of benzene rings is 1. The van der Waals surface area contributed by atoms with Crippen molar-refractivity contribution >= 4 is 5.97 Å². The monoisotopic (exact) mass is 202 g/mol. The summed E-state index contributed by atoms with van der Waals surface area (Å²) < 4.78 is 11.9. The zero-order valence-corrected chi connectivity index (χ0v) is 8.20. The molecule has 0 heterocycles. The van der Waals surface area contributed by atoms with E-state index >= 15 is 0 Å². The summed E-state index contributed by atoms with van der Waals surface area (Å²) >= 11 is 0. The minimum Gasteiger partial charge on any atom is -0.481 e. The van der Waals surface area contributed by atoms with Gasteiger partial charge in [0.1, 0.15) is 5.82 Å². The molecule has 3 nitrogen and oxygen atoms in total. The molecule has 14 heavy (non-hydrogen) atoms. The highest BCUT2D eigenvalue weighted by molar-refractivity contribution is 5.68. The molecule has 0 aliphatic rings. The average Bonchev–Trinajstić information content (AvgIpc) is 2.06. The Morgan fingerprint density at radius 2 is 1.64 bits per heavy atom. The van der Waals surface area contributed by atoms with Gasteiger partial charge in [-0.1, -0.05) is 32.0 Å². The lowest BCUT2D eigenvalue weighted by Crippen LogP contribution is -2.03. The minimum atomic E-state index is -0.741. The lowest BCUT2D eigenvalue weighted by atomic mass is 10.2. The topological polar surface area (TPSA) is 68.8 Å². The third-order valence-corrected chi connectivity index (χ3v) is 1.23. The number of hydrogen-bond donors (Lipinski definition) is 1. The summed E-state index contributed by atoms with van der Waals surface area (Å²) in [6, 6.07) is 7.94. The summed E-state index contributed by atoms with van der Waals surface area (Å²) in [6.07, 6.45) is 0. The third-order valence-electron chi connectivity index (χ3n) is 1.23. The molecule has 0 saturated carbocycles. The van der Waals surface area contributed by atoms with Gasteiger partial charge in [-0.2, -0.15) is 0 Å². The molecule has 3 N–H and O–H groups in total. The van der Waals surface area contributed by atoms with Crippen LogP contribution in [0.15, 0.2) is 30.3 Å². The van der Waals surface area contributed by atoms with Crippen LogP contribution >= 0.6 is 0 Å². The number of carboxylic acids is 1. The van der Waals surface area contributed by atoms with Crippen LogP contribution < -0.4 is 0 Å². The molecule has 1 aromatic rings. The zero-order valence-electron chi connectivity index (χ0n) is 8.20. The molecule has 0 aliphatic heterocycles. The molecule has 0 unspecified atom stereocenters. The maximum atomic E-state index is 11.9. The summed E-state index contributed by atoms with van der Waals surface area (Å²) in [5, 5.41) is 7.99. The Hall–Kier alpha value is -1.42. The van der Waals surface area contributed by atoms with E-state index in [9.17, 15) is 9.18 Å². The van der Waals surface area contributed by atoms with Gasteiger partial charge in [-0.05, 0) is 12.1 Å². The maximum absolute atomic E-state index is 11.9. The Labute approximate surface area is 82.5 Å². The van der Waals surface area contributed by atoms with Crippen LogP contribution in [0.25, 0.3) is 0 Å². The lowest BCUT2D eigenvalue weighted by molar-refractivity contribution is -0.140. The molecule has 0 amide bonds. The molecule has 1 aromatic carbocycles. The van der Waals surface area contributed by atoms with E-state index in [-0.39, 0.29) is 17.2 Å². The second-order valence-electron chi connectivity index (χ2n) is 2.79. The molecule has 4 heteroatoms. The molecular weight excluding hydrogens is 187 g/mol. The van der Waals surface area contributed by atoms with Crippen LogP contribution in [-0.2, 0) is 4.79 Å². The summed E-state index contributed by atoms with van der Waals surface area (Å²) in [5.74, 6) is -1.15. The Morgan fingerprint density at radius 3 is 1.79 bits per heavy atom. The van der Waals surface area contributed by atoms with E-state index in [1.165, 1.54) is 12.1 Å². The average molecular weight is 202 g/mol. The summed E-state index contributed by atoms with van der Waals surface area (Å²) in [7, 11) is 0. The van der Waals surface area contributed by atoms with E-state index < -0.39 is 5.97 Å². The number of carbonyl (C=O) groups is 1. The molecule has 0 aliphatic carbocycles. The number of halogens is 1. The molecule has 0 radical (unpaired) electrons. The van der Waals surface area contributed by atoms with Gasteiger partial charge in [0.25, 0.3) is 0 Å². The van der Waals surface area contributed by atoms with E-state index in [1.54, 1.807) is 32.0 Å². The Balaban J connectivity index is 0. The summed E-state index contributed by atoms with van der Waals surface area (Å²) in [4.78, 5) is 9.70. The van der Waals surface area contributed by atoms with Crippen molar-refractivity contribution in [2.24, 2.45) is 5.92 Å². The first-order valence-corrected chi connectivity index (χ1v) is 3.97. The third kappa shape index (κ3) is 8.67. The van der Waals surface area contributed by atoms with Crippen LogP contribution in [0.4, 0.5) is 4.39 Å². The summed E-state index contributed by atoms with van der Waals surface area (Å²) in [5.41, 5.74) is 0. The first kappa shape index (κ1) is 15.1. The largest absolute Gasteiger partial charge is 0.481 e. The van der Waals surface area contributed by atoms with Gasteiger partial charge in [0, 0.05) is 0 Å². The Bertz CT molecular complexity index is 247. The molecule has 80 valence electrons. The van der Waals surface area contributed by atoms with Gasteiger partial charge in [-0.3, -0.25) is 4.79 Å². The van der Waals surface area contributed by atoms with Crippen molar-refractivity contribution in [1.82, 2.24) is 0 Å². The second-order valence-corrected chi connectivity index (χ2v) is 2.79. The maximum Gasteiger partial charge on any atom is 0.305 e. The fraction of sp³-hybridized carbons (Fsp3) is 0.300. The Morgan fingerprint density at radius 1 is 1.29 bits per heavy atom. The molecule has 0 aromatic heterocycles. The highest BCUT2D eigenvalue weighted by atomic mass is 19.1. The van der Waals surface area contributed by atoms with Crippen LogP contribution in [0.2, 0.25) is 0 Å². The number of hydrogen-bond acceptors (Lipinski definition) is 1. The van der Waals surface area contributed by atoms with Crippen molar-refractivity contribution in [3.05, 3.63) is 36.1 Å². The zero-order chi connectivity index (χ0) is 10.3. The molecular formula is C10H15FO3. The fourth-order valence-electron chi connectivity index (χ4n) is 0.415. The van der Waals surface area contributed by atoms with Gasteiger partial charge in [0.15, 0.2) is 0 Å². The molecule has 0 spiro atoms. The molecule has 0 atom stereocenters. The first-order chi connectivity index (χ1) is 6.04. The van der Waals surface area contributed by atoms with E-state index in [0.29, 0.717) is 0 Å². The normalized spacial score (nSPS) is 8.29. The van der Waals surface area contributed by atoms with Crippen LogP contribution in [0.5, 0.6) is 0 Å². The van der Waals surface area contributed by atoms with Crippen molar-refractivity contribution in [3.63, 3.8) is 0 Å². The van der Waals surface area contributed by atoms with E-state index in [2.05, 4.69) is 0 Å². The van der Waals surface area contributed by atoms with E-state index in [0.717, 1.165) is 0 Å². The van der Waals surface area contributed by atoms with Crippen molar-refractivity contribution in [3.8, 4) is 0 Å². The highest BCUT2D eigenvalue weighted by Crippen LogP contribution is 1.91. The van der Waals surface area contributed by atoms with Crippen LogP contribution in [0.3, 0.4) is 0 Å². The number of carboxylic acid groups (broad SMARTS) is 1. The summed E-state index contributed by atoms with van der Waals surface area (Å²) in [6.45, 7) is 3.28. The van der Waals surface area contributed by atoms with Crippen LogP contribution in [-0.4, -0.2) is 16.6 Å². The van der Waals surface area contributed by atoms with Gasteiger partial charge in [0.2, 0.25) is 0 Å². The van der Waals surface area contributed by atoms with Crippen LogP contribution in [0, 0.1) is 11.7 Å². The van der Waals surface area contributed by atoms with Gasteiger partial charge in [-0.25, -0.2) is 4.39 Å². The van der Waals surface area contributed by atoms with Gasteiger partial charge in [-0.15, -0.1) is 0 Å². The molecule has 0 bridgehead atoms. The van der Waals surface area contributed by atoms with E-state index in [1.807, 2.05) is 0 Å². The van der Waals surface area contributed by atoms with Crippen molar-refractivity contribution < 1.29 is 19.8 Å². The predicted octanol–water partition coefficient (Wildman–Crippen LogP) is 1.73. The van der Waals surface area contributed by atoms with Crippen molar-refractivity contribution in [1.29, 1.82) is 0 Å². The SMILES string of the molecule is CC(C)C(=O)O.Fc1ccccc1.O. The quantitative estimate of drug-likeness (QED) is 0.753. The number of aliphatic carboxylic acids is 1. The number of rotatable bonds is 1. The van der Waals surface area contributed by atoms with Crippen molar-refractivity contribution in [2.45, 2.75) is 13.8 Å². The van der Waals surface area contributed by atoms with E-state index in [4.69, 9.17) is 5.11 Å². The molecule has 1 rings (SSSR count). The minimum absolute atomic E-state index is 0. The predicted molar refractivity (Wildman–Crippen MR) is 52.5 cm³/mol. The van der Waals surface area contributed by atoms with Gasteiger partial charge in [0.05, 0.1) is 5.92 Å².